The molecule has 0 aromatic heterocycles. The van der Waals surface area contributed by atoms with Gasteiger partial charge in [-0.3, -0.25) is 0 Å². The van der Waals surface area contributed by atoms with Crippen molar-refractivity contribution >= 4 is 15.0 Å². The molecular formula is GeK2O3. The van der Waals surface area contributed by atoms with Crippen molar-refractivity contribution in [3.63, 3.8) is 0 Å². The minimum absolute atomic E-state index is 0. The van der Waals surface area contributed by atoms with Crippen LogP contribution in [0.3, 0.4) is 0 Å². The molecule has 0 amide bonds. The van der Waals surface area contributed by atoms with Crippen molar-refractivity contribution in [2.45, 2.75) is 0 Å². The molecule has 6 heavy (non-hydrogen) atoms. The topological polar surface area (TPSA) is 63.2 Å². The quantitative estimate of drug-likeness (QED) is 0.364. The molecule has 0 heterocycles. The van der Waals surface area contributed by atoms with Gasteiger partial charge in [-0.05, 0) is 0 Å². The molecule has 0 aromatic rings. The second-order valence-electron chi connectivity index (χ2n) is 0.250. The summed E-state index contributed by atoms with van der Waals surface area (Å²) in [7, 11) is 0. The summed E-state index contributed by atoms with van der Waals surface area (Å²) in [5.74, 6) is 0. The zero-order valence-electron chi connectivity index (χ0n) is 3.72. The van der Waals surface area contributed by atoms with Crippen molar-refractivity contribution in [3.05, 3.63) is 0 Å². The van der Waals surface area contributed by atoms with Crippen molar-refractivity contribution < 1.29 is 115 Å². The SMILES string of the molecule is [K+].[K+].[O]=[Ge]([O-])[O-]. The molecular weight excluding hydrogens is 199 g/mol. The van der Waals surface area contributed by atoms with Crippen LogP contribution in [0.25, 0.3) is 0 Å². The first-order chi connectivity index (χ1) is 1.73. The van der Waals surface area contributed by atoms with Gasteiger partial charge in [0.25, 0.3) is 0 Å². The summed E-state index contributed by atoms with van der Waals surface area (Å²) in [5.41, 5.74) is 0. The van der Waals surface area contributed by atoms with E-state index >= 15 is 0 Å². The van der Waals surface area contributed by atoms with Crippen molar-refractivity contribution in [1.82, 2.24) is 0 Å². The molecule has 0 aromatic carbocycles. The van der Waals surface area contributed by atoms with Crippen LogP contribution in [0.15, 0.2) is 0 Å². The van der Waals surface area contributed by atoms with Crippen LogP contribution in [0, 0.1) is 0 Å². The third-order valence-electron chi connectivity index (χ3n) is 0. The Morgan fingerprint density at radius 3 is 1.17 bits per heavy atom. The molecule has 0 radical (unpaired) electrons. The van der Waals surface area contributed by atoms with Crippen LogP contribution in [-0.2, 0) is 3.78 Å². The molecule has 0 saturated carbocycles. The molecule has 0 aliphatic heterocycles. The van der Waals surface area contributed by atoms with Crippen molar-refractivity contribution in [1.29, 1.82) is 0 Å². The average Bonchev–Trinajstić information content (AvgIpc) is 0.811. The van der Waals surface area contributed by atoms with Crippen LogP contribution in [-0.4, -0.2) is 15.0 Å². The van der Waals surface area contributed by atoms with E-state index in [0.29, 0.717) is 0 Å². The Bertz CT molecular complexity index is 31.8. The van der Waals surface area contributed by atoms with Gasteiger partial charge in [0.1, 0.15) is 0 Å². The maximum absolute atomic E-state index is 8.58. The third kappa shape index (κ3) is 27.0. The Hall–Kier alpha value is 3.22. The predicted octanol–water partition coefficient (Wildman–Crippen LogP) is -8.87. The fraction of sp³-hybridized carbons (Fsp3) is 0. The second-order valence-corrected chi connectivity index (χ2v) is 1.30. The summed E-state index contributed by atoms with van der Waals surface area (Å²) in [6.45, 7) is 0. The van der Waals surface area contributed by atoms with E-state index in [1.165, 1.54) is 0 Å². The van der Waals surface area contributed by atoms with E-state index in [-0.39, 0.29) is 103 Å². The van der Waals surface area contributed by atoms with Crippen LogP contribution in [0.1, 0.15) is 0 Å². The molecule has 24 valence electrons. The normalized spacial score (nSPS) is 4.00. The number of rotatable bonds is 0. The Kier molecular flexibility index (Phi) is 29.7. The van der Waals surface area contributed by atoms with Crippen molar-refractivity contribution in [2.24, 2.45) is 0 Å². The van der Waals surface area contributed by atoms with E-state index in [1.807, 2.05) is 0 Å². The first-order valence-electron chi connectivity index (χ1n) is 0.612. The van der Waals surface area contributed by atoms with Crippen LogP contribution in [0.4, 0.5) is 0 Å². The van der Waals surface area contributed by atoms with Gasteiger partial charge < -0.3 is 0 Å². The first-order valence-corrected chi connectivity index (χ1v) is 3.18. The van der Waals surface area contributed by atoms with E-state index in [1.54, 1.807) is 0 Å². The molecule has 0 saturated heterocycles. The molecule has 6 heteroatoms. The van der Waals surface area contributed by atoms with Gasteiger partial charge in [0.15, 0.2) is 0 Å². The molecule has 0 rings (SSSR count). The van der Waals surface area contributed by atoms with E-state index in [9.17, 15) is 0 Å². The molecule has 0 N–H and O–H groups in total. The van der Waals surface area contributed by atoms with Crippen LogP contribution < -0.4 is 111 Å². The Balaban J connectivity index is -0.0000000450. The molecule has 0 unspecified atom stereocenters. The number of hydrogen-bond acceptors (Lipinski definition) is 3. The fourth-order valence-corrected chi connectivity index (χ4v) is 0. The van der Waals surface area contributed by atoms with Gasteiger partial charge in [0, 0.05) is 0 Å². The molecule has 0 fully saturated rings. The monoisotopic (exact) mass is 200 g/mol. The maximum atomic E-state index is 8.58. The van der Waals surface area contributed by atoms with E-state index in [2.05, 4.69) is 0 Å². The van der Waals surface area contributed by atoms with Gasteiger partial charge in [-0.15, -0.1) is 0 Å². The average molecular weight is 199 g/mol. The van der Waals surface area contributed by atoms with E-state index in [4.69, 9.17) is 12.0 Å². The molecule has 0 aliphatic rings. The third-order valence-corrected chi connectivity index (χ3v) is 0. The molecule has 0 spiro atoms. The Morgan fingerprint density at radius 2 is 1.17 bits per heavy atom. The van der Waals surface area contributed by atoms with Gasteiger partial charge in [-0.25, -0.2) is 0 Å². The van der Waals surface area contributed by atoms with Gasteiger partial charge in [0.05, 0.1) is 0 Å². The summed E-state index contributed by atoms with van der Waals surface area (Å²) < 4.78 is 25.8. The van der Waals surface area contributed by atoms with Gasteiger partial charge in [-0.2, -0.15) is 0 Å². The minimum atomic E-state index is -4.08. The molecule has 0 aliphatic carbocycles. The standard InChI is InChI=1S/GeO3.2K/c2-1(3)4;;/q-2;2*+1. The summed E-state index contributed by atoms with van der Waals surface area (Å²) in [6, 6.07) is 0. The summed E-state index contributed by atoms with van der Waals surface area (Å²) >= 11 is -4.08. The fourth-order valence-electron chi connectivity index (χ4n) is 0. The van der Waals surface area contributed by atoms with Gasteiger partial charge >= 0.3 is 130 Å². The van der Waals surface area contributed by atoms with E-state index < -0.39 is 15.0 Å². The van der Waals surface area contributed by atoms with Gasteiger partial charge in [0.2, 0.25) is 0 Å². The van der Waals surface area contributed by atoms with Crippen LogP contribution in [0.5, 0.6) is 0 Å². The summed E-state index contributed by atoms with van der Waals surface area (Å²) in [4.78, 5) is 0. The van der Waals surface area contributed by atoms with E-state index in [0.717, 1.165) is 0 Å². The van der Waals surface area contributed by atoms with Crippen LogP contribution >= 0.6 is 0 Å². The zero-order chi connectivity index (χ0) is 3.58. The summed E-state index contributed by atoms with van der Waals surface area (Å²) in [6.07, 6.45) is 0. The molecule has 0 atom stereocenters. The molecule has 3 nitrogen and oxygen atoms in total. The van der Waals surface area contributed by atoms with Gasteiger partial charge in [-0.1, -0.05) is 0 Å². The zero-order valence-corrected chi connectivity index (χ0v) is 12.1. The molecule has 0 bridgehead atoms. The summed E-state index contributed by atoms with van der Waals surface area (Å²) in [5, 5.41) is 0. The predicted molar refractivity (Wildman–Crippen MR) is 6.44 cm³/mol. The Morgan fingerprint density at radius 1 is 1.17 bits per heavy atom. The van der Waals surface area contributed by atoms with Crippen LogP contribution in [0.2, 0.25) is 0 Å². The first kappa shape index (κ1) is 16.1. The number of hydrogen-bond donors (Lipinski definition) is 0. The second kappa shape index (κ2) is 11.1. The van der Waals surface area contributed by atoms with Crippen molar-refractivity contribution in [3.8, 4) is 0 Å². The van der Waals surface area contributed by atoms with Crippen molar-refractivity contribution in [2.75, 3.05) is 0 Å². The Labute approximate surface area is 126 Å².